The van der Waals surface area contributed by atoms with Crippen LogP contribution in [0.15, 0.2) is 78.9 Å². The van der Waals surface area contributed by atoms with Crippen molar-refractivity contribution in [3.05, 3.63) is 90.0 Å². The van der Waals surface area contributed by atoms with Crippen molar-refractivity contribution in [2.75, 3.05) is 20.3 Å². The molecule has 9 heteroatoms. The van der Waals surface area contributed by atoms with Gasteiger partial charge in [-0.1, -0.05) is 65.9 Å². The Kier molecular flexibility index (Phi) is 7.94. The van der Waals surface area contributed by atoms with Crippen LogP contribution in [0.1, 0.15) is 30.0 Å². The van der Waals surface area contributed by atoms with Crippen LogP contribution in [-0.4, -0.2) is 58.1 Å². The maximum Gasteiger partial charge on any atom is 0.247 e. The predicted octanol–water partition coefficient (Wildman–Crippen LogP) is 3.51. The van der Waals surface area contributed by atoms with Gasteiger partial charge in [-0.05, 0) is 36.6 Å². The fraction of sp³-hybridized carbons (Fsp3) is 0.310. The van der Waals surface area contributed by atoms with E-state index in [0.29, 0.717) is 30.0 Å². The third kappa shape index (κ3) is 5.68. The SMILES string of the molecule is COc1ccccc1CN(C(=O)Cn1nnc2ccccc21)C(C(=O)NCC1CCCO1)c1ccccc1. The molecule has 0 spiro atoms. The lowest BCUT2D eigenvalue weighted by Crippen LogP contribution is -2.46. The number of carbonyl (C=O) groups excluding carboxylic acids is 2. The second-order valence-corrected chi connectivity index (χ2v) is 9.26. The molecule has 1 aliphatic rings. The van der Waals surface area contributed by atoms with Crippen molar-refractivity contribution in [3.63, 3.8) is 0 Å². The summed E-state index contributed by atoms with van der Waals surface area (Å²) in [6.45, 7) is 1.19. The molecule has 2 unspecified atom stereocenters. The van der Waals surface area contributed by atoms with E-state index in [2.05, 4.69) is 15.6 Å². The van der Waals surface area contributed by atoms with Crippen molar-refractivity contribution in [2.45, 2.75) is 38.1 Å². The van der Waals surface area contributed by atoms with Crippen LogP contribution in [0.5, 0.6) is 5.75 Å². The predicted molar refractivity (Wildman–Crippen MR) is 142 cm³/mol. The van der Waals surface area contributed by atoms with Gasteiger partial charge >= 0.3 is 0 Å². The molecule has 38 heavy (non-hydrogen) atoms. The highest BCUT2D eigenvalue weighted by atomic mass is 16.5. The van der Waals surface area contributed by atoms with Crippen molar-refractivity contribution < 1.29 is 19.1 Å². The Morgan fingerprint density at radius 2 is 1.84 bits per heavy atom. The van der Waals surface area contributed by atoms with Gasteiger partial charge in [0.25, 0.3) is 0 Å². The summed E-state index contributed by atoms with van der Waals surface area (Å²) in [5.74, 6) is 0.106. The summed E-state index contributed by atoms with van der Waals surface area (Å²) in [7, 11) is 1.59. The number of hydrogen-bond acceptors (Lipinski definition) is 6. The number of nitrogens with zero attached hydrogens (tertiary/aromatic N) is 4. The van der Waals surface area contributed by atoms with Gasteiger partial charge in [0, 0.05) is 18.7 Å². The van der Waals surface area contributed by atoms with E-state index < -0.39 is 6.04 Å². The number of ether oxygens (including phenoxy) is 2. The summed E-state index contributed by atoms with van der Waals surface area (Å²) in [6.07, 6.45) is 1.86. The van der Waals surface area contributed by atoms with Gasteiger partial charge in [0.15, 0.2) is 0 Å². The summed E-state index contributed by atoms with van der Waals surface area (Å²) < 4.78 is 12.8. The molecule has 9 nitrogen and oxygen atoms in total. The van der Waals surface area contributed by atoms with Gasteiger partial charge in [0.05, 0.1) is 25.3 Å². The van der Waals surface area contributed by atoms with Crippen LogP contribution >= 0.6 is 0 Å². The Labute approximate surface area is 221 Å². The van der Waals surface area contributed by atoms with Gasteiger partial charge in [-0.2, -0.15) is 0 Å². The Morgan fingerprint density at radius 1 is 1.08 bits per heavy atom. The zero-order valence-electron chi connectivity index (χ0n) is 21.3. The quantitative estimate of drug-likeness (QED) is 0.349. The van der Waals surface area contributed by atoms with Crippen LogP contribution in [-0.2, 0) is 27.4 Å². The zero-order chi connectivity index (χ0) is 26.3. The molecular weight excluding hydrogens is 482 g/mol. The molecule has 3 aromatic carbocycles. The van der Waals surface area contributed by atoms with Crippen molar-refractivity contribution in [1.82, 2.24) is 25.2 Å². The first-order chi connectivity index (χ1) is 18.6. The number of amides is 2. The Bertz CT molecular complexity index is 1380. The van der Waals surface area contributed by atoms with Crippen LogP contribution in [0.25, 0.3) is 11.0 Å². The Hall–Kier alpha value is -4.24. The molecule has 5 rings (SSSR count). The van der Waals surface area contributed by atoms with E-state index in [1.807, 2.05) is 78.9 Å². The lowest BCUT2D eigenvalue weighted by Gasteiger charge is -2.32. The molecule has 4 aromatic rings. The number of rotatable bonds is 10. The summed E-state index contributed by atoms with van der Waals surface area (Å²) in [5, 5.41) is 11.4. The smallest absolute Gasteiger partial charge is 0.247 e. The topological polar surface area (TPSA) is 98.6 Å². The number of hydrogen-bond donors (Lipinski definition) is 1. The first-order valence-corrected chi connectivity index (χ1v) is 12.8. The second-order valence-electron chi connectivity index (χ2n) is 9.26. The van der Waals surface area contributed by atoms with E-state index in [1.54, 1.807) is 16.7 Å². The molecule has 2 heterocycles. The van der Waals surface area contributed by atoms with Crippen LogP contribution in [0.2, 0.25) is 0 Å². The summed E-state index contributed by atoms with van der Waals surface area (Å²) in [4.78, 5) is 29.4. The number of benzene rings is 3. The second kappa shape index (κ2) is 11.9. The van der Waals surface area contributed by atoms with Gasteiger partial charge in [-0.3, -0.25) is 9.59 Å². The van der Waals surface area contributed by atoms with E-state index in [1.165, 1.54) is 0 Å². The summed E-state index contributed by atoms with van der Waals surface area (Å²) in [5.41, 5.74) is 2.95. The monoisotopic (exact) mass is 513 g/mol. The highest BCUT2D eigenvalue weighted by Gasteiger charge is 2.33. The van der Waals surface area contributed by atoms with E-state index in [-0.39, 0.29) is 31.0 Å². The number of fused-ring (bicyclic) bond motifs is 1. The standard InChI is InChI=1S/C29H31N5O4/c1-37-26-16-8-5-12-22(26)19-33(27(35)20-34-25-15-7-6-14-24(25)31-32-34)28(21-10-3-2-4-11-21)29(36)30-18-23-13-9-17-38-23/h2-8,10-12,14-16,23,28H,9,13,17-20H2,1H3,(H,30,36). The first-order valence-electron chi connectivity index (χ1n) is 12.8. The highest BCUT2D eigenvalue weighted by Crippen LogP contribution is 2.28. The third-order valence-electron chi connectivity index (χ3n) is 6.76. The lowest BCUT2D eigenvalue weighted by atomic mass is 10.0. The van der Waals surface area contributed by atoms with Crippen molar-refractivity contribution in [3.8, 4) is 5.75 Å². The molecule has 1 aliphatic heterocycles. The van der Waals surface area contributed by atoms with Gasteiger partial charge in [-0.15, -0.1) is 5.10 Å². The van der Waals surface area contributed by atoms with Crippen LogP contribution < -0.4 is 10.1 Å². The number of nitrogens with one attached hydrogen (secondary N) is 1. The van der Waals surface area contributed by atoms with Crippen LogP contribution in [0.4, 0.5) is 0 Å². The Balaban J connectivity index is 1.50. The molecule has 1 N–H and O–H groups in total. The summed E-state index contributed by atoms with van der Waals surface area (Å²) in [6, 6.07) is 23.5. The third-order valence-corrected chi connectivity index (χ3v) is 6.76. The number of para-hydroxylation sites is 2. The zero-order valence-corrected chi connectivity index (χ0v) is 21.3. The molecule has 196 valence electrons. The maximum absolute atomic E-state index is 14.0. The summed E-state index contributed by atoms with van der Waals surface area (Å²) >= 11 is 0. The molecule has 0 aliphatic carbocycles. The van der Waals surface area contributed by atoms with Gasteiger partial charge in [0.1, 0.15) is 23.9 Å². The number of carbonyl (C=O) groups is 2. The maximum atomic E-state index is 14.0. The molecule has 0 radical (unpaired) electrons. The molecule has 2 atom stereocenters. The first kappa shape index (κ1) is 25.4. The largest absolute Gasteiger partial charge is 0.496 e. The van der Waals surface area contributed by atoms with E-state index >= 15 is 0 Å². The van der Waals surface area contributed by atoms with E-state index in [4.69, 9.17) is 9.47 Å². The van der Waals surface area contributed by atoms with Crippen molar-refractivity contribution in [1.29, 1.82) is 0 Å². The molecule has 0 bridgehead atoms. The molecule has 1 saturated heterocycles. The van der Waals surface area contributed by atoms with Crippen molar-refractivity contribution in [2.24, 2.45) is 0 Å². The minimum atomic E-state index is -0.871. The Morgan fingerprint density at radius 3 is 2.63 bits per heavy atom. The average Bonchev–Trinajstić information content (AvgIpc) is 3.63. The lowest BCUT2D eigenvalue weighted by molar-refractivity contribution is -0.142. The fourth-order valence-corrected chi connectivity index (χ4v) is 4.82. The average molecular weight is 514 g/mol. The van der Waals surface area contributed by atoms with Crippen molar-refractivity contribution >= 4 is 22.8 Å². The van der Waals surface area contributed by atoms with Gasteiger partial charge in [-0.25, -0.2) is 4.68 Å². The number of aromatic nitrogens is 3. The number of methoxy groups -OCH3 is 1. The molecular formula is C29H31N5O4. The fourth-order valence-electron chi connectivity index (χ4n) is 4.82. The van der Waals surface area contributed by atoms with Gasteiger partial charge in [0.2, 0.25) is 11.8 Å². The van der Waals surface area contributed by atoms with Crippen LogP contribution in [0, 0.1) is 0 Å². The molecule has 1 fully saturated rings. The van der Waals surface area contributed by atoms with E-state index in [0.717, 1.165) is 23.9 Å². The highest BCUT2D eigenvalue weighted by molar-refractivity contribution is 5.89. The molecule has 1 aromatic heterocycles. The van der Waals surface area contributed by atoms with Crippen LogP contribution in [0.3, 0.4) is 0 Å². The minimum Gasteiger partial charge on any atom is -0.496 e. The van der Waals surface area contributed by atoms with Gasteiger partial charge < -0.3 is 19.7 Å². The minimum absolute atomic E-state index is 0.0183. The van der Waals surface area contributed by atoms with E-state index in [9.17, 15) is 9.59 Å². The molecule has 2 amide bonds. The normalized spacial score (nSPS) is 15.8. The molecule has 0 saturated carbocycles.